The lowest BCUT2D eigenvalue weighted by molar-refractivity contribution is -0.308. The maximum atomic E-state index is 14.8. The number of aliphatic hydroxyl groups is 10. The first-order valence-corrected chi connectivity index (χ1v) is 21.1. The zero-order chi connectivity index (χ0) is 41.8. The smallest absolute Gasteiger partial charge is 0.315 e. The molecular formula is C42H68O15. The van der Waals surface area contributed by atoms with Gasteiger partial charge < -0.3 is 70.0 Å². The van der Waals surface area contributed by atoms with E-state index in [1.54, 1.807) is 0 Å². The molecule has 0 spiro atoms. The van der Waals surface area contributed by atoms with Crippen LogP contribution in [-0.4, -0.2) is 150 Å². The number of fused-ring (bicyclic) bond motifs is 7. The van der Waals surface area contributed by atoms with E-state index in [-0.39, 0.29) is 40.6 Å². The van der Waals surface area contributed by atoms with Crippen molar-refractivity contribution in [2.75, 3.05) is 19.8 Å². The van der Waals surface area contributed by atoms with E-state index in [0.29, 0.717) is 44.9 Å². The topological polar surface area (TPSA) is 256 Å². The fraction of sp³-hybridized carbons (Fsp3) is 0.929. The standard InChI is InChI=1S/C42H68O15/c1-37(2)25-9-10-41(6)26(39(25,4)16-22(45)33(37)52)8-7-20-21-15-38(3,19-54-34-31(50)29(48)27(46)23(17-43)55-34)11-13-42(21,14-12-40(20,41)5)36(53)57-35-32(51)30(49)28(47)24(18-44)56-35/h7,21-35,43-52H,8-19H2,1-6H3/t21-,22+,23+,24+,25-,26+,27+,28+,29-,30-,31+,32+,33-,34+,35-,38+,39-,40+,41+,42-/m0/s1. The van der Waals surface area contributed by atoms with E-state index in [0.717, 1.165) is 18.4 Å². The van der Waals surface area contributed by atoms with E-state index < -0.39 is 109 Å². The van der Waals surface area contributed by atoms with Gasteiger partial charge in [0.05, 0.1) is 37.4 Å². The Kier molecular flexibility index (Phi) is 11.5. The summed E-state index contributed by atoms with van der Waals surface area (Å²) in [5.74, 6) is -0.624. The van der Waals surface area contributed by atoms with Crippen LogP contribution in [0.15, 0.2) is 11.6 Å². The highest BCUT2D eigenvalue weighted by molar-refractivity contribution is 5.79. The van der Waals surface area contributed by atoms with E-state index in [1.165, 1.54) is 0 Å². The predicted octanol–water partition coefficient (Wildman–Crippen LogP) is 0.260. The third kappa shape index (κ3) is 6.51. The van der Waals surface area contributed by atoms with Crippen LogP contribution < -0.4 is 0 Å². The van der Waals surface area contributed by atoms with Crippen molar-refractivity contribution in [1.82, 2.24) is 0 Å². The zero-order valence-electron chi connectivity index (χ0n) is 34.2. The van der Waals surface area contributed by atoms with Gasteiger partial charge in [-0.05, 0) is 103 Å². The minimum absolute atomic E-state index is 0.0585. The molecule has 57 heavy (non-hydrogen) atoms. The zero-order valence-corrected chi connectivity index (χ0v) is 34.2. The molecule has 10 N–H and O–H groups in total. The average Bonchev–Trinajstić information content (AvgIpc) is 3.16. The van der Waals surface area contributed by atoms with Gasteiger partial charge in [-0.2, -0.15) is 0 Å². The number of hydrogen-bond acceptors (Lipinski definition) is 15. The minimum Gasteiger partial charge on any atom is -0.432 e. The number of carbonyl (C=O) groups is 1. The molecule has 0 unspecified atom stereocenters. The molecule has 326 valence electrons. The molecule has 0 aromatic carbocycles. The second-order valence-corrected chi connectivity index (χ2v) is 20.7. The molecule has 2 aliphatic heterocycles. The molecule has 2 saturated heterocycles. The molecule has 0 bridgehead atoms. The Balaban J connectivity index is 1.23. The Labute approximate surface area is 335 Å². The van der Waals surface area contributed by atoms with Crippen LogP contribution in [0.25, 0.3) is 0 Å². The first-order valence-electron chi connectivity index (χ1n) is 21.1. The van der Waals surface area contributed by atoms with Crippen molar-refractivity contribution in [2.45, 2.75) is 173 Å². The molecule has 5 aliphatic carbocycles. The van der Waals surface area contributed by atoms with Crippen LogP contribution in [0.2, 0.25) is 0 Å². The lowest BCUT2D eigenvalue weighted by Crippen LogP contribution is -2.67. The normalized spacial score (nSPS) is 54.7. The van der Waals surface area contributed by atoms with Crippen LogP contribution in [0.5, 0.6) is 0 Å². The van der Waals surface area contributed by atoms with Gasteiger partial charge in [-0.15, -0.1) is 0 Å². The summed E-state index contributed by atoms with van der Waals surface area (Å²) in [6, 6.07) is 0. The fourth-order valence-electron chi connectivity index (χ4n) is 13.7. The molecule has 15 heteroatoms. The number of esters is 1. The molecule has 7 rings (SSSR count). The van der Waals surface area contributed by atoms with Gasteiger partial charge in [0.2, 0.25) is 6.29 Å². The maximum Gasteiger partial charge on any atom is 0.315 e. The Morgan fingerprint density at radius 3 is 1.91 bits per heavy atom. The van der Waals surface area contributed by atoms with E-state index >= 15 is 0 Å². The largest absolute Gasteiger partial charge is 0.432 e. The van der Waals surface area contributed by atoms with E-state index in [2.05, 4.69) is 40.7 Å². The monoisotopic (exact) mass is 812 g/mol. The minimum atomic E-state index is -1.76. The van der Waals surface area contributed by atoms with Crippen molar-refractivity contribution >= 4 is 5.97 Å². The van der Waals surface area contributed by atoms with Crippen LogP contribution >= 0.6 is 0 Å². The number of allylic oxidation sites excluding steroid dienone is 2. The van der Waals surface area contributed by atoms with E-state index in [1.807, 2.05) is 6.92 Å². The average molecular weight is 813 g/mol. The highest BCUT2D eigenvalue weighted by Gasteiger charge is 2.70. The molecule has 6 fully saturated rings. The second kappa shape index (κ2) is 14.9. The lowest BCUT2D eigenvalue weighted by atomic mass is 9.33. The maximum absolute atomic E-state index is 14.8. The summed E-state index contributed by atoms with van der Waals surface area (Å²) >= 11 is 0. The molecule has 15 nitrogen and oxygen atoms in total. The van der Waals surface area contributed by atoms with Gasteiger partial charge in [-0.3, -0.25) is 4.79 Å². The molecule has 7 aliphatic rings. The van der Waals surface area contributed by atoms with Gasteiger partial charge in [0.25, 0.3) is 0 Å². The molecule has 0 aromatic rings. The SMILES string of the molecule is CC1(C)[C@@H](O)[C@H](O)C[C@]2(C)[C@H]3CC=C4[C@@H]5C[C@](C)(CO[C@@H]6O[C@H](CO)[C@@H](O)[C@H](O)[C@H]6O)CC[C@]5(C(=O)O[C@@H]5O[C@H](CO)[C@@H](O)[C@H](O)[C@H]5O)CC[C@@]4(C)[C@]3(C)CC[C@@H]12. The van der Waals surface area contributed by atoms with E-state index in [9.17, 15) is 55.9 Å². The lowest BCUT2D eigenvalue weighted by Gasteiger charge is -2.71. The van der Waals surface area contributed by atoms with Crippen LogP contribution in [0.3, 0.4) is 0 Å². The van der Waals surface area contributed by atoms with Crippen LogP contribution in [0.1, 0.15) is 99.3 Å². The molecule has 0 radical (unpaired) electrons. The molecule has 0 aromatic heterocycles. The molecule has 2 heterocycles. The predicted molar refractivity (Wildman–Crippen MR) is 200 cm³/mol. The van der Waals surface area contributed by atoms with Crippen LogP contribution in [-0.2, 0) is 23.7 Å². The number of aliphatic hydroxyl groups excluding tert-OH is 10. The van der Waals surface area contributed by atoms with Crippen molar-refractivity contribution in [2.24, 2.45) is 50.2 Å². The van der Waals surface area contributed by atoms with Gasteiger partial charge in [0.15, 0.2) is 6.29 Å². The van der Waals surface area contributed by atoms with Gasteiger partial charge >= 0.3 is 5.97 Å². The molecule has 20 atom stereocenters. The van der Waals surface area contributed by atoms with Crippen molar-refractivity contribution in [3.63, 3.8) is 0 Å². The van der Waals surface area contributed by atoms with Crippen LogP contribution in [0.4, 0.5) is 0 Å². The van der Waals surface area contributed by atoms with Gasteiger partial charge in [0.1, 0.15) is 48.8 Å². The molecule has 0 amide bonds. The summed E-state index contributed by atoms with van der Waals surface area (Å²) in [4.78, 5) is 14.8. The van der Waals surface area contributed by atoms with Crippen LogP contribution in [0, 0.1) is 50.2 Å². The molecule has 4 saturated carbocycles. The van der Waals surface area contributed by atoms with Crippen molar-refractivity contribution in [3.8, 4) is 0 Å². The van der Waals surface area contributed by atoms with Crippen molar-refractivity contribution in [1.29, 1.82) is 0 Å². The summed E-state index contributed by atoms with van der Waals surface area (Å²) in [6.45, 7) is 11.9. The Hall–Kier alpha value is -1.31. The number of hydrogen-bond donors (Lipinski definition) is 10. The highest BCUT2D eigenvalue weighted by Crippen LogP contribution is 2.76. The van der Waals surface area contributed by atoms with E-state index in [4.69, 9.17) is 18.9 Å². The van der Waals surface area contributed by atoms with Crippen molar-refractivity contribution in [3.05, 3.63) is 11.6 Å². The Bertz CT molecular complexity index is 1540. The summed E-state index contributed by atoms with van der Waals surface area (Å²) in [5, 5.41) is 105. The Morgan fingerprint density at radius 1 is 0.719 bits per heavy atom. The molecular weight excluding hydrogens is 744 g/mol. The fourth-order valence-corrected chi connectivity index (χ4v) is 13.7. The first-order chi connectivity index (χ1) is 26.5. The quantitative estimate of drug-likeness (QED) is 0.122. The number of ether oxygens (including phenoxy) is 4. The number of carbonyl (C=O) groups excluding carboxylic acids is 1. The summed E-state index contributed by atoms with van der Waals surface area (Å²) in [6.07, 6.45) is -9.13. The number of rotatable bonds is 7. The van der Waals surface area contributed by atoms with Gasteiger partial charge in [0, 0.05) is 0 Å². The van der Waals surface area contributed by atoms with Gasteiger partial charge in [-0.1, -0.05) is 53.2 Å². The Morgan fingerprint density at radius 2 is 1.30 bits per heavy atom. The first kappa shape index (κ1) is 43.8. The highest BCUT2D eigenvalue weighted by atomic mass is 16.7. The van der Waals surface area contributed by atoms with Crippen molar-refractivity contribution < 1.29 is 74.8 Å². The van der Waals surface area contributed by atoms with Gasteiger partial charge in [-0.25, -0.2) is 0 Å². The summed E-state index contributed by atoms with van der Waals surface area (Å²) < 4.78 is 23.5. The summed E-state index contributed by atoms with van der Waals surface area (Å²) in [7, 11) is 0. The second-order valence-electron chi connectivity index (χ2n) is 20.7. The summed E-state index contributed by atoms with van der Waals surface area (Å²) in [5.41, 5.74) is -1.92. The third-order valence-corrected chi connectivity index (χ3v) is 17.4. The third-order valence-electron chi connectivity index (χ3n) is 17.4.